The second-order valence-electron chi connectivity index (χ2n) is 7.67. The van der Waals surface area contributed by atoms with Gasteiger partial charge in [0.1, 0.15) is 5.84 Å². The number of nitrogens with zero attached hydrogens (tertiary/aromatic N) is 4. The number of nitrogens with two attached hydrogens (primary N) is 1. The van der Waals surface area contributed by atoms with Crippen LogP contribution in [0.1, 0.15) is 51.4 Å². The Labute approximate surface area is 189 Å². The Morgan fingerprint density at radius 2 is 2.16 bits per heavy atom. The molecule has 0 spiro atoms. The highest BCUT2D eigenvalue weighted by Gasteiger charge is 2.22. The van der Waals surface area contributed by atoms with Crippen LogP contribution in [0, 0.1) is 12.3 Å². The van der Waals surface area contributed by atoms with Crippen LogP contribution in [-0.4, -0.2) is 39.9 Å². The van der Waals surface area contributed by atoms with Crippen LogP contribution in [0.2, 0.25) is 0 Å². The fraction of sp³-hybridized carbons (Fsp3) is 0.417. The Kier molecular flexibility index (Phi) is 7.45. The average molecular weight is 436 g/mol. The number of fused-ring (bicyclic) bond motifs is 1. The van der Waals surface area contributed by atoms with E-state index in [4.69, 9.17) is 20.9 Å². The summed E-state index contributed by atoms with van der Waals surface area (Å²) in [4.78, 5) is 13.3. The zero-order valence-electron chi connectivity index (χ0n) is 19.6. The number of ether oxygens (including phenoxy) is 1. The number of hydrogen-bond donors (Lipinski definition) is 3. The van der Waals surface area contributed by atoms with Gasteiger partial charge >= 0.3 is 0 Å². The SMILES string of the molecule is CCOc1ncccc1-c1cc(NCC(=N)/N=C\N)c2c(n1)c(C)c(CC)n2C(C)CC. The van der Waals surface area contributed by atoms with E-state index in [1.54, 1.807) is 6.20 Å². The van der Waals surface area contributed by atoms with Crippen molar-refractivity contribution in [3.63, 3.8) is 0 Å². The minimum atomic E-state index is 0.157. The van der Waals surface area contributed by atoms with Gasteiger partial charge in [0, 0.05) is 17.9 Å². The quantitative estimate of drug-likeness (QED) is 0.332. The van der Waals surface area contributed by atoms with Crippen molar-refractivity contribution in [1.82, 2.24) is 14.5 Å². The Balaban J connectivity index is 2.29. The molecule has 8 nitrogen and oxygen atoms in total. The smallest absolute Gasteiger partial charge is 0.222 e. The molecule has 0 aromatic carbocycles. The summed E-state index contributed by atoms with van der Waals surface area (Å²) in [5, 5.41) is 11.4. The molecule has 0 amide bonds. The fourth-order valence-corrected chi connectivity index (χ4v) is 4.03. The molecule has 8 heteroatoms. The maximum absolute atomic E-state index is 8.02. The molecule has 1 unspecified atom stereocenters. The van der Waals surface area contributed by atoms with Gasteiger partial charge in [-0.15, -0.1) is 0 Å². The zero-order chi connectivity index (χ0) is 23.3. The van der Waals surface area contributed by atoms with Crippen molar-refractivity contribution in [1.29, 1.82) is 5.41 Å². The van der Waals surface area contributed by atoms with Crippen molar-refractivity contribution in [3.05, 3.63) is 35.7 Å². The Hall–Kier alpha value is -3.42. The first-order chi connectivity index (χ1) is 15.5. The lowest BCUT2D eigenvalue weighted by atomic mass is 10.1. The van der Waals surface area contributed by atoms with E-state index in [1.165, 1.54) is 11.3 Å². The summed E-state index contributed by atoms with van der Waals surface area (Å²) < 4.78 is 8.15. The van der Waals surface area contributed by atoms with E-state index < -0.39 is 0 Å². The van der Waals surface area contributed by atoms with E-state index in [0.29, 0.717) is 18.5 Å². The topological polar surface area (TPSA) is 114 Å². The van der Waals surface area contributed by atoms with E-state index in [-0.39, 0.29) is 12.4 Å². The Morgan fingerprint density at radius 3 is 2.81 bits per heavy atom. The van der Waals surface area contributed by atoms with E-state index in [0.717, 1.165) is 47.2 Å². The first-order valence-electron chi connectivity index (χ1n) is 11.1. The lowest BCUT2D eigenvalue weighted by molar-refractivity contribution is 0.328. The normalized spacial score (nSPS) is 12.4. The largest absolute Gasteiger partial charge is 0.477 e. The highest BCUT2D eigenvalue weighted by atomic mass is 16.5. The molecular formula is C24H33N7O. The van der Waals surface area contributed by atoms with Gasteiger partial charge in [-0.25, -0.2) is 15.0 Å². The van der Waals surface area contributed by atoms with Crippen molar-refractivity contribution >= 4 is 28.9 Å². The molecule has 0 aliphatic heterocycles. The number of aryl methyl sites for hydroxylation is 1. The van der Waals surface area contributed by atoms with Crippen molar-refractivity contribution in [3.8, 4) is 17.1 Å². The summed E-state index contributed by atoms with van der Waals surface area (Å²) in [5.41, 5.74) is 12.3. The summed E-state index contributed by atoms with van der Waals surface area (Å²) in [6.45, 7) is 11.4. The van der Waals surface area contributed by atoms with Crippen molar-refractivity contribution < 1.29 is 4.74 Å². The van der Waals surface area contributed by atoms with Crippen molar-refractivity contribution in [2.24, 2.45) is 10.7 Å². The van der Waals surface area contributed by atoms with Gasteiger partial charge in [0.15, 0.2) is 0 Å². The van der Waals surface area contributed by atoms with E-state index in [9.17, 15) is 0 Å². The molecule has 3 rings (SSSR count). The third kappa shape index (κ3) is 4.44. The number of aliphatic imine (C=N–C) groups is 1. The molecule has 3 aromatic rings. The van der Waals surface area contributed by atoms with Gasteiger partial charge in [-0.1, -0.05) is 13.8 Å². The summed E-state index contributed by atoms with van der Waals surface area (Å²) in [6.07, 6.45) is 4.77. The molecule has 0 fully saturated rings. The van der Waals surface area contributed by atoms with E-state index >= 15 is 0 Å². The zero-order valence-corrected chi connectivity index (χ0v) is 19.6. The third-order valence-corrected chi connectivity index (χ3v) is 5.68. The number of aromatic nitrogens is 3. The van der Waals surface area contributed by atoms with Crippen LogP contribution >= 0.6 is 0 Å². The Morgan fingerprint density at radius 1 is 1.38 bits per heavy atom. The van der Waals surface area contributed by atoms with Crippen molar-refractivity contribution in [2.45, 2.75) is 53.5 Å². The molecular weight excluding hydrogens is 402 g/mol. The molecule has 3 heterocycles. The van der Waals surface area contributed by atoms with Crippen LogP contribution in [0.4, 0.5) is 5.69 Å². The number of amidine groups is 1. The highest BCUT2D eigenvalue weighted by molar-refractivity contribution is 5.97. The molecule has 0 radical (unpaired) electrons. The van der Waals surface area contributed by atoms with E-state index in [2.05, 4.69) is 47.6 Å². The molecule has 1 atom stereocenters. The van der Waals surface area contributed by atoms with Crippen LogP contribution in [0.15, 0.2) is 29.4 Å². The number of pyridine rings is 2. The van der Waals surface area contributed by atoms with Gasteiger partial charge in [0.05, 0.1) is 47.5 Å². The van der Waals surface area contributed by atoms with Gasteiger partial charge < -0.3 is 20.4 Å². The molecule has 0 saturated carbocycles. The lowest BCUT2D eigenvalue weighted by Gasteiger charge is -2.19. The molecule has 0 bridgehead atoms. The molecule has 4 N–H and O–H groups in total. The first kappa shape index (κ1) is 23.2. The van der Waals surface area contributed by atoms with Gasteiger partial charge in [0.2, 0.25) is 5.88 Å². The van der Waals surface area contributed by atoms with Gasteiger partial charge in [-0.3, -0.25) is 5.41 Å². The molecule has 0 aliphatic carbocycles. The van der Waals surface area contributed by atoms with E-state index in [1.807, 2.05) is 25.1 Å². The maximum Gasteiger partial charge on any atom is 0.222 e. The average Bonchev–Trinajstić information content (AvgIpc) is 3.09. The predicted octanol–water partition coefficient (Wildman–Crippen LogP) is 4.71. The number of rotatable bonds is 9. The fourth-order valence-electron chi connectivity index (χ4n) is 4.03. The summed E-state index contributed by atoms with van der Waals surface area (Å²) in [6, 6.07) is 6.18. The minimum absolute atomic E-state index is 0.157. The van der Waals surface area contributed by atoms with Crippen LogP contribution in [-0.2, 0) is 6.42 Å². The molecule has 0 saturated heterocycles. The molecule has 32 heavy (non-hydrogen) atoms. The molecule has 0 aliphatic rings. The highest BCUT2D eigenvalue weighted by Crippen LogP contribution is 2.38. The standard InChI is InChI=1S/C24H33N7O/c1-6-15(4)31-20(7-2)16(5)22-23(31)19(28-13-21(26)29-14-25)12-18(30-22)17-10-9-11-27-24(17)32-8-3/h9-12,14-15H,6-8,13H2,1-5H3,(H,28,30)(H3,25,26,29). The number of hydrogen-bond acceptors (Lipinski definition) is 5. The Bertz CT molecular complexity index is 1130. The molecule has 170 valence electrons. The van der Waals surface area contributed by atoms with Gasteiger partial charge in [0.25, 0.3) is 0 Å². The van der Waals surface area contributed by atoms with Gasteiger partial charge in [-0.2, -0.15) is 0 Å². The number of anilines is 1. The van der Waals surface area contributed by atoms with Crippen LogP contribution in [0.25, 0.3) is 22.3 Å². The van der Waals surface area contributed by atoms with Crippen LogP contribution in [0.3, 0.4) is 0 Å². The summed E-state index contributed by atoms with van der Waals surface area (Å²) >= 11 is 0. The predicted molar refractivity (Wildman–Crippen MR) is 132 cm³/mol. The van der Waals surface area contributed by atoms with Gasteiger partial charge in [-0.05, 0) is 57.4 Å². The van der Waals surface area contributed by atoms with Crippen LogP contribution < -0.4 is 15.8 Å². The maximum atomic E-state index is 8.02. The minimum Gasteiger partial charge on any atom is -0.477 e. The lowest BCUT2D eigenvalue weighted by Crippen LogP contribution is -2.14. The second-order valence-corrected chi connectivity index (χ2v) is 7.67. The summed E-state index contributed by atoms with van der Waals surface area (Å²) in [7, 11) is 0. The molecule has 3 aromatic heterocycles. The first-order valence-corrected chi connectivity index (χ1v) is 11.1. The van der Waals surface area contributed by atoms with Crippen molar-refractivity contribution in [2.75, 3.05) is 18.5 Å². The third-order valence-electron chi connectivity index (χ3n) is 5.68. The monoisotopic (exact) mass is 435 g/mol. The second kappa shape index (κ2) is 10.3. The van der Waals surface area contributed by atoms with Crippen LogP contribution in [0.5, 0.6) is 5.88 Å². The number of nitrogens with one attached hydrogen (secondary N) is 2. The summed E-state index contributed by atoms with van der Waals surface area (Å²) in [5.74, 6) is 0.715.